The first-order chi connectivity index (χ1) is 6.70. The van der Waals surface area contributed by atoms with Crippen LogP contribution in [-0.4, -0.2) is 9.91 Å². The van der Waals surface area contributed by atoms with Crippen molar-refractivity contribution in [2.24, 2.45) is 0 Å². The van der Waals surface area contributed by atoms with E-state index in [1.54, 1.807) is 18.3 Å². The van der Waals surface area contributed by atoms with E-state index in [4.69, 9.17) is 0 Å². The fourth-order valence-corrected chi connectivity index (χ4v) is 2.08. The first-order valence-corrected chi connectivity index (χ1v) is 4.95. The Morgan fingerprint density at radius 2 is 2.14 bits per heavy atom. The van der Waals surface area contributed by atoms with Crippen molar-refractivity contribution in [3.05, 3.63) is 44.1 Å². The van der Waals surface area contributed by atoms with Crippen LogP contribution in [0.2, 0.25) is 0 Å². The third-order valence-electron chi connectivity index (χ3n) is 1.90. The maximum Gasteiger partial charge on any atom is 0.283 e. The SMILES string of the molecule is O=[N+]([O-])c1ccc2ncccc2c1I. The molecule has 1 heterocycles. The summed E-state index contributed by atoms with van der Waals surface area (Å²) in [7, 11) is 0. The molecule has 0 N–H and O–H groups in total. The topological polar surface area (TPSA) is 56.0 Å². The third kappa shape index (κ3) is 1.43. The summed E-state index contributed by atoms with van der Waals surface area (Å²) in [5, 5.41) is 11.5. The number of nitro groups is 1. The van der Waals surface area contributed by atoms with Gasteiger partial charge in [0.25, 0.3) is 5.69 Å². The molecular formula is C9H5IN2O2. The Hall–Kier alpha value is -1.24. The summed E-state index contributed by atoms with van der Waals surface area (Å²) in [5.74, 6) is 0. The van der Waals surface area contributed by atoms with E-state index in [9.17, 15) is 10.1 Å². The number of halogens is 1. The van der Waals surface area contributed by atoms with Crippen molar-refractivity contribution in [2.45, 2.75) is 0 Å². The monoisotopic (exact) mass is 300 g/mol. The molecule has 1 aromatic heterocycles. The minimum absolute atomic E-state index is 0.131. The second-order valence-electron chi connectivity index (χ2n) is 2.73. The summed E-state index contributed by atoms with van der Waals surface area (Å²) < 4.78 is 0.637. The molecule has 1 aromatic carbocycles. The van der Waals surface area contributed by atoms with E-state index in [-0.39, 0.29) is 10.6 Å². The molecule has 5 heteroatoms. The summed E-state index contributed by atoms with van der Waals surface area (Å²) in [6.07, 6.45) is 1.67. The second-order valence-corrected chi connectivity index (χ2v) is 3.80. The van der Waals surface area contributed by atoms with Gasteiger partial charge in [0, 0.05) is 17.6 Å². The van der Waals surface area contributed by atoms with E-state index >= 15 is 0 Å². The fourth-order valence-electron chi connectivity index (χ4n) is 1.25. The number of pyridine rings is 1. The zero-order valence-corrected chi connectivity index (χ0v) is 9.13. The van der Waals surface area contributed by atoms with Gasteiger partial charge in [-0.2, -0.15) is 0 Å². The molecule has 0 bridgehead atoms. The van der Waals surface area contributed by atoms with Crippen LogP contribution in [0.25, 0.3) is 10.9 Å². The van der Waals surface area contributed by atoms with Crippen LogP contribution in [0.4, 0.5) is 5.69 Å². The van der Waals surface area contributed by atoms with E-state index in [1.807, 2.05) is 28.7 Å². The van der Waals surface area contributed by atoms with Gasteiger partial charge in [0.2, 0.25) is 0 Å². The number of aromatic nitrogens is 1. The average molecular weight is 300 g/mol. The quantitative estimate of drug-likeness (QED) is 0.462. The lowest BCUT2D eigenvalue weighted by Crippen LogP contribution is -1.92. The van der Waals surface area contributed by atoms with E-state index < -0.39 is 0 Å². The largest absolute Gasteiger partial charge is 0.283 e. The Morgan fingerprint density at radius 1 is 1.36 bits per heavy atom. The summed E-state index contributed by atoms with van der Waals surface area (Å²) in [5.41, 5.74) is 0.911. The summed E-state index contributed by atoms with van der Waals surface area (Å²) in [6, 6.07) is 6.75. The normalized spacial score (nSPS) is 10.4. The van der Waals surface area contributed by atoms with E-state index in [2.05, 4.69) is 4.98 Å². The van der Waals surface area contributed by atoms with Gasteiger partial charge in [-0.05, 0) is 40.8 Å². The molecule has 0 saturated carbocycles. The minimum Gasteiger partial charge on any atom is -0.258 e. The molecule has 2 aromatic rings. The Bertz CT molecular complexity index is 513. The molecule has 0 aliphatic carbocycles. The first-order valence-electron chi connectivity index (χ1n) is 3.88. The van der Waals surface area contributed by atoms with Crippen LogP contribution in [0.15, 0.2) is 30.5 Å². The molecule has 14 heavy (non-hydrogen) atoms. The highest BCUT2D eigenvalue weighted by Gasteiger charge is 2.13. The van der Waals surface area contributed by atoms with Crippen LogP contribution in [-0.2, 0) is 0 Å². The first kappa shape index (κ1) is 9.32. The van der Waals surface area contributed by atoms with Crippen LogP contribution in [0.5, 0.6) is 0 Å². The molecule has 70 valence electrons. The molecule has 2 rings (SSSR count). The summed E-state index contributed by atoms with van der Waals surface area (Å²) in [4.78, 5) is 14.4. The molecular weight excluding hydrogens is 295 g/mol. The fraction of sp³-hybridized carbons (Fsp3) is 0. The number of rotatable bonds is 1. The number of hydrogen-bond donors (Lipinski definition) is 0. The molecule has 0 spiro atoms. The molecule has 0 fully saturated rings. The highest BCUT2D eigenvalue weighted by molar-refractivity contribution is 14.1. The number of benzene rings is 1. The second kappa shape index (κ2) is 3.49. The number of fused-ring (bicyclic) bond motifs is 1. The molecule has 0 amide bonds. The maximum atomic E-state index is 10.6. The van der Waals surface area contributed by atoms with Gasteiger partial charge in [0.15, 0.2) is 0 Å². The Kier molecular flexibility index (Phi) is 2.32. The molecule has 0 saturated heterocycles. The van der Waals surface area contributed by atoms with E-state index in [0.717, 1.165) is 10.9 Å². The lowest BCUT2D eigenvalue weighted by Gasteiger charge is -1.99. The number of nitro benzene ring substituents is 1. The molecule has 0 atom stereocenters. The van der Waals surface area contributed by atoms with Gasteiger partial charge in [-0.15, -0.1) is 0 Å². The predicted molar refractivity (Wildman–Crippen MR) is 61.1 cm³/mol. The van der Waals surface area contributed by atoms with Crippen LogP contribution in [0.3, 0.4) is 0 Å². The van der Waals surface area contributed by atoms with Gasteiger partial charge in [-0.3, -0.25) is 15.1 Å². The third-order valence-corrected chi connectivity index (χ3v) is 3.03. The van der Waals surface area contributed by atoms with Crippen molar-refractivity contribution >= 4 is 39.2 Å². The van der Waals surface area contributed by atoms with Crippen molar-refractivity contribution in [2.75, 3.05) is 0 Å². The summed E-state index contributed by atoms with van der Waals surface area (Å²) in [6.45, 7) is 0. The molecule has 0 aliphatic rings. The zero-order valence-electron chi connectivity index (χ0n) is 6.98. The smallest absolute Gasteiger partial charge is 0.258 e. The van der Waals surface area contributed by atoms with Crippen molar-refractivity contribution < 1.29 is 4.92 Å². The molecule has 0 radical (unpaired) electrons. The Balaban J connectivity index is 2.81. The summed E-state index contributed by atoms with van der Waals surface area (Å²) >= 11 is 1.97. The van der Waals surface area contributed by atoms with Gasteiger partial charge >= 0.3 is 0 Å². The van der Waals surface area contributed by atoms with E-state index in [0.29, 0.717) is 3.57 Å². The van der Waals surface area contributed by atoms with Gasteiger partial charge in [-0.1, -0.05) is 0 Å². The van der Waals surface area contributed by atoms with Crippen LogP contribution in [0, 0.1) is 13.7 Å². The van der Waals surface area contributed by atoms with Gasteiger partial charge in [0.1, 0.15) is 3.57 Å². The minimum atomic E-state index is -0.381. The predicted octanol–water partition coefficient (Wildman–Crippen LogP) is 2.75. The van der Waals surface area contributed by atoms with E-state index in [1.165, 1.54) is 6.07 Å². The maximum absolute atomic E-state index is 10.6. The van der Waals surface area contributed by atoms with Gasteiger partial charge in [-0.25, -0.2) is 0 Å². The highest BCUT2D eigenvalue weighted by atomic mass is 127. The van der Waals surface area contributed by atoms with Crippen molar-refractivity contribution in [1.29, 1.82) is 0 Å². The number of hydrogen-bond acceptors (Lipinski definition) is 3. The average Bonchev–Trinajstić information content (AvgIpc) is 2.18. The van der Waals surface area contributed by atoms with Crippen molar-refractivity contribution in [1.82, 2.24) is 4.98 Å². The standard InChI is InChI=1S/C9H5IN2O2/c10-9-6-2-1-5-11-7(6)3-4-8(9)12(13)14/h1-5H. The van der Waals surface area contributed by atoms with Gasteiger partial charge < -0.3 is 0 Å². The van der Waals surface area contributed by atoms with Crippen LogP contribution >= 0.6 is 22.6 Å². The van der Waals surface area contributed by atoms with Crippen molar-refractivity contribution in [3.8, 4) is 0 Å². The molecule has 0 aliphatic heterocycles. The Labute approximate surface area is 93.2 Å². The van der Waals surface area contributed by atoms with Gasteiger partial charge in [0.05, 0.1) is 10.4 Å². The van der Waals surface area contributed by atoms with Crippen molar-refractivity contribution in [3.63, 3.8) is 0 Å². The highest BCUT2D eigenvalue weighted by Crippen LogP contribution is 2.27. The lowest BCUT2D eigenvalue weighted by molar-refractivity contribution is -0.385. The molecule has 4 nitrogen and oxygen atoms in total. The van der Waals surface area contributed by atoms with Crippen LogP contribution < -0.4 is 0 Å². The lowest BCUT2D eigenvalue weighted by atomic mass is 10.2. The van der Waals surface area contributed by atoms with Crippen LogP contribution in [0.1, 0.15) is 0 Å². The zero-order chi connectivity index (χ0) is 10.1. The number of nitrogens with zero attached hydrogens (tertiary/aromatic N) is 2. The molecule has 0 unspecified atom stereocenters. The Morgan fingerprint density at radius 3 is 2.86 bits per heavy atom.